The summed E-state index contributed by atoms with van der Waals surface area (Å²) in [5, 5.41) is 0. The second-order valence-corrected chi connectivity index (χ2v) is 3.42. The van der Waals surface area contributed by atoms with Crippen LogP contribution in [-0.4, -0.2) is 6.10 Å². The Morgan fingerprint density at radius 1 is 1.27 bits per heavy atom. The lowest BCUT2D eigenvalue weighted by Crippen LogP contribution is -2.13. The molecule has 0 spiro atoms. The number of hydrogen-bond donors (Lipinski definition) is 1. The lowest BCUT2D eigenvalue weighted by Gasteiger charge is -2.16. The van der Waals surface area contributed by atoms with Gasteiger partial charge in [0.1, 0.15) is 5.75 Å². The van der Waals surface area contributed by atoms with E-state index < -0.39 is 11.7 Å². The van der Waals surface area contributed by atoms with Crippen LogP contribution < -0.4 is 10.5 Å². The van der Waals surface area contributed by atoms with E-state index in [1.807, 2.05) is 0 Å². The SMILES string of the molecule is CC(C)Oc1ccc(N)cc1C(F)(F)F. The van der Waals surface area contributed by atoms with Crippen molar-refractivity contribution in [1.82, 2.24) is 0 Å². The van der Waals surface area contributed by atoms with Crippen LogP contribution in [0, 0.1) is 0 Å². The van der Waals surface area contributed by atoms with Crippen LogP contribution in [0.2, 0.25) is 0 Å². The van der Waals surface area contributed by atoms with Gasteiger partial charge in [-0.25, -0.2) is 0 Å². The first-order chi connectivity index (χ1) is 6.80. The van der Waals surface area contributed by atoms with Crippen molar-refractivity contribution in [1.29, 1.82) is 0 Å². The van der Waals surface area contributed by atoms with Crippen LogP contribution in [0.4, 0.5) is 18.9 Å². The van der Waals surface area contributed by atoms with Gasteiger partial charge in [-0.2, -0.15) is 13.2 Å². The highest BCUT2D eigenvalue weighted by Gasteiger charge is 2.34. The molecule has 0 aliphatic heterocycles. The molecule has 1 aromatic carbocycles. The van der Waals surface area contributed by atoms with Crippen molar-refractivity contribution in [2.24, 2.45) is 0 Å². The maximum Gasteiger partial charge on any atom is 0.420 e. The quantitative estimate of drug-likeness (QED) is 0.776. The van der Waals surface area contributed by atoms with E-state index in [-0.39, 0.29) is 17.5 Å². The number of rotatable bonds is 2. The Balaban J connectivity index is 3.15. The van der Waals surface area contributed by atoms with Crippen molar-refractivity contribution in [2.45, 2.75) is 26.1 Å². The molecule has 0 atom stereocenters. The molecule has 0 aromatic heterocycles. The minimum atomic E-state index is -4.44. The van der Waals surface area contributed by atoms with E-state index in [0.717, 1.165) is 6.07 Å². The first-order valence-electron chi connectivity index (χ1n) is 4.44. The van der Waals surface area contributed by atoms with E-state index in [2.05, 4.69) is 0 Å². The van der Waals surface area contributed by atoms with Crippen molar-refractivity contribution >= 4 is 5.69 Å². The topological polar surface area (TPSA) is 35.2 Å². The smallest absolute Gasteiger partial charge is 0.420 e. The molecular weight excluding hydrogens is 207 g/mol. The van der Waals surface area contributed by atoms with Gasteiger partial charge in [0.15, 0.2) is 0 Å². The van der Waals surface area contributed by atoms with Crippen LogP contribution in [0.3, 0.4) is 0 Å². The second kappa shape index (κ2) is 4.00. The minimum Gasteiger partial charge on any atom is -0.490 e. The van der Waals surface area contributed by atoms with E-state index in [0.29, 0.717) is 0 Å². The summed E-state index contributed by atoms with van der Waals surface area (Å²) >= 11 is 0. The second-order valence-electron chi connectivity index (χ2n) is 3.42. The molecule has 0 aliphatic rings. The van der Waals surface area contributed by atoms with Gasteiger partial charge in [-0.05, 0) is 32.0 Å². The van der Waals surface area contributed by atoms with Crippen molar-refractivity contribution < 1.29 is 17.9 Å². The summed E-state index contributed by atoms with van der Waals surface area (Å²) in [5.74, 6) is -0.188. The molecule has 1 rings (SSSR count). The number of nitrogens with two attached hydrogens (primary N) is 1. The molecule has 0 bridgehead atoms. The van der Waals surface area contributed by atoms with Crippen LogP contribution in [0.5, 0.6) is 5.75 Å². The van der Waals surface area contributed by atoms with Gasteiger partial charge in [0.25, 0.3) is 0 Å². The number of alkyl halides is 3. The van der Waals surface area contributed by atoms with Gasteiger partial charge in [-0.1, -0.05) is 0 Å². The molecule has 0 fully saturated rings. The van der Waals surface area contributed by atoms with E-state index in [4.69, 9.17) is 10.5 Å². The summed E-state index contributed by atoms with van der Waals surface area (Å²) in [6.45, 7) is 3.33. The Hall–Kier alpha value is -1.39. The Morgan fingerprint density at radius 2 is 1.87 bits per heavy atom. The van der Waals surface area contributed by atoms with Crippen molar-refractivity contribution in [2.75, 3.05) is 5.73 Å². The fourth-order valence-electron chi connectivity index (χ4n) is 1.13. The number of hydrogen-bond acceptors (Lipinski definition) is 2. The molecule has 1 aromatic rings. The Kier molecular flexibility index (Phi) is 3.12. The number of halogens is 3. The number of benzene rings is 1. The summed E-state index contributed by atoms with van der Waals surface area (Å²) in [7, 11) is 0. The lowest BCUT2D eigenvalue weighted by atomic mass is 10.1. The third-order valence-electron chi connectivity index (χ3n) is 1.67. The summed E-state index contributed by atoms with van der Waals surface area (Å²) in [4.78, 5) is 0. The molecule has 2 nitrogen and oxygen atoms in total. The normalized spacial score (nSPS) is 11.9. The Bertz CT molecular complexity index is 347. The fourth-order valence-corrected chi connectivity index (χ4v) is 1.13. The van der Waals surface area contributed by atoms with Gasteiger partial charge < -0.3 is 10.5 Å². The van der Waals surface area contributed by atoms with Crippen molar-refractivity contribution in [3.05, 3.63) is 23.8 Å². The van der Waals surface area contributed by atoms with Gasteiger partial charge >= 0.3 is 6.18 Å². The maximum absolute atomic E-state index is 12.5. The molecular formula is C10H12F3NO. The van der Waals surface area contributed by atoms with Crippen LogP contribution >= 0.6 is 0 Å². The Morgan fingerprint density at radius 3 is 2.33 bits per heavy atom. The zero-order chi connectivity index (χ0) is 11.6. The summed E-state index contributed by atoms with van der Waals surface area (Å²) < 4.78 is 42.7. The fraction of sp³-hybridized carbons (Fsp3) is 0.400. The van der Waals surface area contributed by atoms with Crippen molar-refractivity contribution in [3.63, 3.8) is 0 Å². The molecule has 0 heterocycles. The van der Waals surface area contributed by atoms with Gasteiger partial charge in [0.2, 0.25) is 0 Å². The maximum atomic E-state index is 12.5. The molecule has 0 saturated heterocycles. The van der Waals surface area contributed by atoms with Crippen LogP contribution in [-0.2, 0) is 6.18 Å². The third kappa shape index (κ3) is 3.04. The van der Waals surface area contributed by atoms with Crippen LogP contribution in [0.25, 0.3) is 0 Å². The number of anilines is 1. The summed E-state index contributed by atoms with van der Waals surface area (Å²) in [5.41, 5.74) is 4.53. The van der Waals surface area contributed by atoms with Gasteiger partial charge in [-0.3, -0.25) is 0 Å². The average molecular weight is 219 g/mol. The molecule has 0 aliphatic carbocycles. The molecule has 5 heteroatoms. The van der Waals surface area contributed by atoms with E-state index in [1.54, 1.807) is 13.8 Å². The molecule has 0 amide bonds. The molecule has 84 valence electrons. The van der Waals surface area contributed by atoms with Crippen LogP contribution in [0.1, 0.15) is 19.4 Å². The molecule has 2 N–H and O–H groups in total. The van der Waals surface area contributed by atoms with E-state index in [9.17, 15) is 13.2 Å². The molecule has 0 radical (unpaired) electrons. The van der Waals surface area contributed by atoms with Gasteiger partial charge in [0, 0.05) is 5.69 Å². The highest BCUT2D eigenvalue weighted by Crippen LogP contribution is 2.37. The van der Waals surface area contributed by atoms with Gasteiger partial charge in [-0.15, -0.1) is 0 Å². The summed E-state index contributed by atoms with van der Waals surface area (Å²) in [6, 6.07) is 3.49. The molecule has 15 heavy (non-hydrogen) atoms. The van der Waals surface area contributed by atoms with E-state index in [1.165, 1.54) is 12.1 Å². The van der Waals surface area contributed by atoms with Crippen molar-refractivity contribution in [3.8, 4) is 5.75 Å². The molecule has 0 unspecified atom stereocenters. The monoisotopic (exact) mass is 219 g/mol. The first kappa shape index (κ1) is 11.7. The van der Waals surface area contributed by atoms with Gasteiger partial charge in [0.05, 0.1) is 11.7 Å². The zero-order valence-corrected chi connectivity index (χ0v) is 8.43. The van der Waals surface area contributed by atoms with Crippen LogP contribution in [0.15, 0.2) is 18.2 Å². The minimum absolute atomic E-state index is 0.0680. The predicted molar refractivity (Wildman–Crippen MR) is 51.6 cm³/mol. The first-order valence-corrected chi connectivity index (χ1v) is 4.44. The summed E-state index contributed by atoms with van der Waals surface area (Å²) in [6.07, 6.45) is -4.76. The highest BCUT2D eigenvalue weighted by molar-refractivity contribution is 5.49. The predicted octanol–water partition coefficient (Wildman–Crippen LogP) is 3.07. The zero-order valence-electron chi connectivity index (χ0n) is 8.43. The number of ether oxygens (including phenoxy) is 1. The number of nitrogen functional groups attached to an aromatic ring is 1. The highest BCUT2D eigenvalue weighted by atomic mass is 19.4. The van der Waals surface area contributed by atoms with E-state index >= 15 is 0 Å². The Labute approximate surface area is 85.8 Å². The largest absolute Gasteiger partial charge is 0.490 e. The third-order valence-corrected chi connectivity index (χ3v) is 1.67. The lowest BCUT2D eigenvalue weighted by molar-refractivity contribution is -0.139. The average Bonchev–Trinajstić information content (AvgIpc) is 2.05. The standard InChI is InChI=1S/C10H12F3NO/c1-6(2)15-9-4-3-7(14)5-8(9)10(11,12)13/h3-6H,14H2,1-2H3. The molecule has 0 saturated carbocycles.